The van der Waals surface area contributed by atoms with Gasteiger partial charge in [0.2, 0.25) is 0 Å². The molecule has 0 fully saturated rings. The Morgan fingerprint density at radius 1 is 0.762 bits per heavy atom. The molecule has 0 atom stereocenters. The van der Waals surface area contributed by atoms with Crippen molar-refractivity contribution in [3.63, 3.8) is 0 Å². The van der Waals surface area contributed by atoms with Gasteiger partial charge in [0.25, 0.3) is 0 Å². The van der Waals surface area contributed by atoms with E-state index in [1.165, 1.54) is 0 Å². The number of anilines is 2. The second kappa shape index (κ2) is 7.82. The van der Waals surface area contributed by atoms with Crippen molar-refractivity contribution in [1.82, 2.24) is 0 Å². The lowest BCUT2D eigenvalue weighted by Crippen LogP contribution is -2.09. The average Bonchev–Trinajstić information content (AvgIpc) is 2.36. The Morgan fingerprint density at radius 3 is 1.43 bits per heavy atom. The molecule has 114 valence electrons. The summed E-state index contributed by atoms with van der Waals surface area (Å²) < 4.78 is 2.18. The third-order valence-corrected chi connectivity index (χ3v) is 4.12. The first-order valence-electron chi connectivity index (χ1n) is 6.51. The largest absolute Gasteiger partial charge is 0.398 e. The van der Waals surface area contributed by atoms with E-state index in [2.05, 4.69) is 37.3 Å². The molecule has 0 heterocycles. The van der Waals surface area contributed by atoms with Gasteiger partial charge < -0.3 is 11.2 Å². The minimum Gasteiger partial charge on any atom is -0.398 e. The predicted octanol–water partition coefficient (Wildman–Crippen LogP) is 5.00. The highest BCUT2D eigenvalue weighted by atomic mass is 79.9. The van der Waals surface area contributed by atoms with E-state index in [1.54, 1.807) is 0 Å². The number of benzene rings is 2. The maximum absolute atomic E-state index is 5.73. The van der Waals surface area contributed by atoms with Crippen LogP contribution in [0.4, 0.5) is 11.4 Å². The molecular weight excluding hydrogens is 394 g/mol. The molecule has 0 spiro atoms. The Labute approximate surface area is 143 Å². The molecule has 0 radical (unpaired) electrons. The van der Waals surface area contributed by atoms with Gasteiger partial charge in [-0.25, -0.2) is 0 Å². The molecule has 21 heavy (non-hydrogen) atoms. The van der Waals surface area contributed by atoms with Crippen molar-refractivity contribution >= 4 is 43.2 Å². The highest BCUT2D eigenvalue weighted by Gasteiger charge is 2.01. The molecule has 0 bridgehead atoms. The number of hydrogen-bond acceptors (Lipinski definition) is 3. The molecule has 3 nitrogen and oxygen atoms in total. The molecule has 0 aromatic heterocycles. The maximum atomic E-state index is 5.73. The lowest BCUT2D eigenvalue weighted by atomic mass is 10.1. The fourth-order valence-corrected chi connectivity index (χ4v) is 3.43. The van der Waals surface area contributed by atoms with Crippen molar-refractivity contribution in [2.75, 3.05) is 11.2 Å². The molecule has 0 aliphatic rings. The molecule has 0 saturated carbocycles. The van der Waals surface area contributed by atoms with Gasteiger partial charge in [0, 0.05) is 14.6 Å². The Hall–Kier alpha value is -1.04. The van der Waals surface area contributed by atoms with E-state index in [0.717, 1.165) is 42.6 Å². The maximum Gasteiger partial charge on any atom is 0.0544 e. The van der Waals surface area contributed by atoms with E-state index in [0.29, 0.717) is 0 Å². The molecule has 0 aliphatic carbocycles. The van der Waals surface area contributed by atoms with Crippen LogP contribution in [-0.4, -0.2) is 0 Å². The van der Waals surface area contributed by atoms with Gasteiger partial charge in [0.15, 0.2) is 0 Å². The van der Waals surface area contributed by atoms with Crippen LogP contribution in [-0.2, 0) is 0 Å². The lowest BCUT2D eigenvalue weighted by molar-refractivity contribution is 1.26. The summed E-state index contributed by atoms with van der Waals surface area (Å²) in [4.78, 5) is 0. The van der Waals surface area contributed by atoms with Gasteiger partial charge in [-0.05, 0) is 74.2 Å². The topological polar surface area (TPSA) is 64.1 Å². The first-order valence-corrected chi connectivity index (χ1v) is 8.10. The standard InChI is InChI=1S/C8H11BrN2.C8H10BrN/c1-5-3-7(9)4-6(2)8(5)11-10;1-5-3-7(9)4-6(2)8(5)10/h3-4,11H,10H2,1-2H3;3-4H,10H2,1-2H3. The first-order chi connectivity index (χ1) is 9.76. The van der Waals surface area contributed by atoms with Gasteiger partial charge in [-0.15, -0.1) is 0 Å². The zero-order valence-electron chi connectivity index (χ0n) is 12.7. The van der Waals surface area contributed by atoms with Crippen LogP contribution < -0.4 is 17.0 Å². The normalized spacial score (nSPS) is 9.86. The van der Waals surface area contributed by atoms with Gasteiger partial charge >= 0.3 is 0 Å². The smallest absolute Gasteiger partial charge is 0.0544 e. The molecule has 5 heteroatoms. The van der Waals surface area contributed by atoms with Crippen LogP contribution in [0.15, 0.2) is 33.2 Å². The first kappa shape index (κ1) is 18.0. The summed E-state index contributed by atoms with van der Waals surface area (Å²) >= 11 is 6.80. The van der Waals surface area contributed by atoms with Crippen molar-refractivity contribution in [2.45, 2.75) is 27.7 Å². The Kier molecular flexibility index (Phi) is 6.71. The number of aryl methyl sites for hydroxylation is 4. The van der Waals surface area contributed by atoms with Crippen molar-refractivity contribution in [3.05, 3.63) is 55.5 Å². The fraction of sp³-hybridized carbons (Fsp3) is 0.250. The SMILES string of the molecule is Cc1cc(Br)cc(C)c1N.Cc1cc(Br)cc(C)c1NN. The zero-order chi connectivity index (χ0) is 16.2. The summed E-state index contributed by atoms with van der Waals surface area (Å²) in [5.41, 5.74) is 14.9. The molecule has 0 aliphatic heterocycles. The highest BCUT2D eigenvalue weighted by molar-refractivity contribution is 9.10. The number of halogens is 2. The van der Waals surface area contributed by atoms with Crippen molar-refractivity contribution < 1.29 is 0 Å². The van der Waals surface area contributed by atoms with Crippen molar-refractivity contribution in [3.8, 4) is 0 Å². The van der Waals surface area contributed by atoms with E-state index in [4.69, 9.17) is 11.6 Å². The minimum absolute atomic E-state index is 0.892. The number of rotatable bonds is 1. The molecule has 2 aromatic carbocycles. The lowest BCUT2D eigenvalue weighted by Gasteiger charge is -2.08. The number of nitrogens with one attached hydrogen (secondary N) is 1. The van der Waals surface area contributed by atoms with Gasteiger partial charge in [0.05, 0.1) is 5.69 Å². The van der Waals surface area contributed by atoms with E-state index >= 15 is 0 Å². The van der Waals surface area contributed by atoms with Gasteiger partial charge in [0.1, 0.15) is 0 Å². The van der Waals surface area contributed by atoms with Crippen molar-refractivity contribution in [1.29, 1.82) is 0 Å². The average molecular weight is 415 g/mol. The number of hydrazine groups is 1. The molecule has 2 aromatic rings. The minimum atomic E-state index is 0.892. The van der Waals surface area contributed by atoms with Crippen LogP contribution in [0.1, 0.15) is 22.3 Å². The Bertz CT molecular complexity index is 593. The summed E-state index contributed by atoms with van der Waals surface area (Å²) in [5, 5.41) is 0. The van der Waals surface area contributed by atoms with Crippen molar-refractivity contribution in [2.24, 2.45) is 5.84 Å². The molecule has 0 unspecified atom stereocenters. The quantitative estimate of drug-likeness (QED) is 0.349. The fourth-order valence-electron chi connectivity index (χ4n) is 2.06. The summed E-state index contributed by atoms with van der Waals surface area (Å²) in [7, 11) is 0. The Balaban J connectivity index is 0.000000211. The third-order valence-electron chi connectivity index (χ3n) is 3.20. The van der Waals surface area contributed by atoms with E-state index in [-0.39, 0.29) is 0 Å². The number of nitrogen functional groups attached to an aromatic ring is 2. The molecule has 0 amide bonds. The second-order valence-corrected chi connectivity index (χ2v) is 6.84. The highest BCUT2D eigenvalue weighted by Crippen LogP contribution is 2.24. The summed E-state index contributed by atoms with van der Waals surface area (Å²) in [6, 6.07) is 8.09. The van der Waals surface area contributed by atoms with Crippen LogP contribution >= 0.6 is 31.9 Å². The summed E-state index contributed by atoms with van der Waals surface area (Å²) in [5.74, 6) is 5.34. The molecular formula is C16H21Br2N3. The van der Waals surface area contributed by atoms with Crippen LogP contribution in [0.25, 0.3) is 0 Å². The molecule has 2 rings (SSSR count). The number of hydrogen-bond donors (Lipinski definition) is 3. The van der Waals surface area contributed by atoms with E-state index in [1.807, 2.05) is 52.0 Å². The van der Waals surface area contributed by atoms with Gasteiger partial charge in [-0.1, -0.05) is 31.9 Å². The van der Waals surface area contributed by atoms with Crippen LogP contribution in [0.5, 0.6) is 0 Å². The predicted molar refractivity (Wildman–Crippen MR) is 99.5 cm³/mol. The molecule has 0 saturated heterocycles. The zero-order valence-corrected chi connectivity index (χ0v) is 15.9. The van der Waals surface area contributed by atoms with Crippen LogP contribution in [0.2, 0.25) is 0 Å². The van der Waals surface area contributed by atoms with E-state index in [9.17, 15) is 0 Å². The summed E-state index contributed by atoms with van der Waals surface area (Å²) in [6.45, 7) is 8.06. The number of nitrogens with two attached hydrogens (primary N) is 2. The third kappa shape index (κ3) is 5.02. The monoisotopic (exact) mass is 413 g/mol. The second-order valence-electron chi connectivity index (χ2n) is 5.01. The summed E-state index contributed by atoms with van der Waals surface area (Å²) in [6.07, 6.45) is 0. The molecule has 5 N–H and O–H groups in total. The van der Waals surface area contributed by atoms with Crippen LogP contribution in [0, 0.1) is 27.7 Å². The Morgan fingerprint density at radius 2 is 1.10 bits per heavy atom. The van der Waals surface area contributed by atoms with Gasteiger partial charge in [-0.2, -0.15) is 0 Å². The van der Waals surface area contributed by atoms with Gasteiger partial charge in [-0.3, -0.25) is 5.84 Å². The van der Waals surface area contributed by atoms with E-state index < -0.39 is 0 Å². The van der Waals surface area contributed by atoms with Crippen LogP contribution in [0.3, 0.4) is 0 Å².